The highest BCUT2D eigenvalue weighted by Gasteiger charge is 2.51. The maximum Gasteiger partial charge on any atom is 0.494 e. The Morgan fingerprint density at radius 3 is 2.35 bits per heavy atom. The summed E-state index contributed by atoms with van der Waals surface area (Å²) in [5.74, 6) is 0. The normalized spacial score (nSPS) is 19.8. The molecule has 5 heteroatoms. The molecule has 1 aliphatic rings. The first kappa shape index (κ1) is 15.6. The van der Waals surface area contributed by atoms with Crippen molar-refractivity contribution in [2.24, 2.45) is 0 Å². The zero-order chi connectivity index (χ0) is 16.4. The third-order valence-corrected chi connectivity index (χ3v) is 7.14. The van der Waals surface area contributed by atoms with E-state index < -0.39 is 0 Å². The molecular formula is C18H18BBrO2S. The largest absolute Gasteiger partial charge is 0.494 e. The van der Waals surface area contributed by atoms with Gasteiger partial charge >= 0.3 is 7.12 Å². The summed E-state index contributed by atoms with van der Waals surface area (Å²) in [5.41, 5.74) is 0.453. The number of halogens is 1. The van der Waals surface area contributed by atoms with Crippen molar-refractivity contribution in [2.45, 2.75) is 38.9 Å². The molecule has 1 fully saturated rings. The molecule has 3 aromatic rings. The van der Waals surface area contributed by atoms with Gasteiger partial charge in [0.25, 0.3) is 0 Å². The summed E-state index contributed by atoms with van der Waals surface area (Å²) in [6.45, 7) is 8.34. The van der Waals surface area contributed by atoms with Crippen LogP contribution in [-0.2, 0) is 9.31 Å². The Kier molecular flexibility index (Phi) is 3.44. The lowest BCUT2D eigenvalue weighted by molar-refractivity contribution is 0.00578. The average molecular weight is 389 g/mol. The molecular weight excluding hydrogens is 371 g/mol. The lowest BCUT2D eigenvalue weighted by atomic mass is 9.78. The van der Waals surface area contributed by atoms with E-state index in [0.717, 1.165) is 9.94 Å². The van der Waals surface area contributed by atoms with Gasteiger partial charge in [-0.25, -0.2) is 0 Å². The van der Waals surface area contributed by atoms with E-state index in [1.54, 1.807) is 0 Å². The van der Waals surface area contributed by atoms with Crippen LogP contribution in [-0.4, -0.2) is 18.3 Å². The zero-order valence-corrected chi connectivity index (χ0v) is 16.0. The molecule has 0 aliphatic carbocycles. The van der Waals surface area contributed by atoms with Gasteiger partial charge in [-0.05, 0) is 61.2 Å². The summed E-state index contributed by atoms with van der Waals surface area (Å²) in [6.07, 6.45) is 0. The van der Waals surface area contributed by atoms with Crippen LogP contribution in [0.4, 0.5) is 0 Å². The first-order valence-corrected chi connectivity index (χ1v) is 9.36. The van der Waals surface area contributed by atoms with Crippen molar-refractivity contribution in [3.63, 3.8) is 0 Å². The van der Waals surface area contributed by atoms with Crippen molar-refractivity contribution in [2.75, 3.05) is 0 Å². The van der Waals surface area contributed by atoms with Crippen molar-refractivity contribution >= 4 is 60.0 Å². The van der Waals surface area contributed by atoms with Gasteiger partial charge in [0.15, 0.2) is 0 Å². The van der Waals surface area contributed by atoms with Crippen LogP contribution >= 0.6 is 27.3 Å². The average Bonchev–Trinajstić information content (AvgIpc) is 2.95. The molecule has 0 atom stereocenters. The van der Waals surface area contributed by atoms with Gasteiger partial charge in [-0.1, -0.05) is 24.3 Å². The highest BCUT2D eigenvalue weighted by Crippen LogP contribution is 2.39. The summed E-state index contributed by atoms with van der Waals surface area (Å²) < 4.78 is 16.1. The maximum absolute atomic E-state index is 6.18. The molecule has 0 radical (unpaired) electrons. The quantitative estimate of drug-likeness (QED) is 0.539. The molecule has 0 unspecified atom stereocenters. The van der Waals surface area contributed by atoms with Crippen LogP contribution in [0.1, 0.15) is 27.7 Å². The van der Waals surface area contributed by atoms with Crippen LogP contribution < -0.4 is 5.46 Å². The Balaban J connectivity index is 1.84. The molecule has 0 amide bonds. The molecule has 2 nitrogen and oxygen atoms in total. The van der Waals surface area contributed by atoms with E-state index in [4.69, 9.17) is 9.31 Å². The Bertz CT molecular complexity index is 900. The Morgan fingerprint density at radius 1 is 0.957 bits per heavy atom. The molecule has 1 saturated heterocycles. The van der Waals surface area contributed by atoms with E-state index in [9.17, 15) is 0 Å². The second-order valence-electron chi connectivity index (χ2n) is 7.06. The predicted molar refractivity (Wildman–Crippen MR) is 103 cm³/mol. The predicted octanol–water partition coefficient (Wildman–Crippen LogP) is 5.12. The van der Waals surface area contributed by atoms with Gasteiger partial charge in [0, 0.05) is 24.6 Å². The fraction of sp³-hybridized carbons (Fsp3) is 0.333. The second-order valence-corrected chi connectivity index (χ2v) is 8.97. The van der Waals surface area contributed by atoms with E-state index in [2.05, 4.69) is 80.0 Å². The van der Waals surface area contributed by atoms with Crippen molar-refractivity contribution in [3.8, 4) is 0 Å². The first-order valence-electron chi connectivity index (χ1n) is 7.75. The van der Waals surface area contributed by atoms with Gasteiger partial charge in [-0.2, -0.15) is 0 Å². The summed E-state index contributed by atoms with van der Waals surface area (Å²) in [4.78, 5) is 0. The Labute approximate surface area is 149 Å². The number of rotatable bonds is 1. The Hall–Kier alpha value is -0.875. The summed E-state index contributed by atoms with van der Waals surface area (Å²) in [5, 5.41) is 2.54. The van der Waals surface area contributed by atoms with E-state index in [1.807, 2.05) is 11.3 Å². The molecule has 0 spiro atoms. The molecule has 4 rings (SSSR count). The highest BCUT2D eigenvalue weighted by molar-refractivity contribution is 9.10. The van der Waals surface area contributed by atoms with E-state index >= 15 is 0 Å². The second kappa shape index (κ2) is 5.06. The summed E-state index contributed by atoms with van der Waals surface area (Å²) >= 11 is 5.46. The monoisotopic (exact) mass is 388 g/mol. The highest BCUT2D eigenvalue weighted by atomic mass is 79.9. The molecule has 2 aromatic carbocycles. The molecule has 1 aromatic heterocycles. The fourth-order valence-electron chi connectivity index (χ4n) is 2.91. The third-order valence-electron chi connectivity index (χ3n) is 5.00. The van der Waals surface area contributed by atoms with Crippen LogP contribution in [0, 0.1) is 0 Å². The standard InChI is InChI=1S/C18H18BBrO2S/c1-17(2)18(3,4)22-19(21-17)11-8-9-15-13(10-11)12-6-5-7-14(20)16(12)23-15/h5-10H,1-4H3. The zero-order valence-electron chi connectivity index (χ0n) is 13.6. The lowest BCUT2D eigenvalue weighted by Crippen LogP contribution is -2.41. The minimum absolute atomic E-state index is 0.313. The maximum atomic E-state index is 6.18. The van der Waals surface area contributed by atoms with Crippen LogP contribution in [0.2, 0.25) is 0 Å². The smallest absolute Gasteiger partial charge is 0.399 e. The number of thiophene rings is 1. The van der Waals surface area contributed by atoms with Gasteiger partial charge in [-0.3, -0.25) is 0 Å². The van der Waals surface area contributed by atoms with E-state index in [1.165, 1.54) is 20.2 Å². The molecule has 118 valence electrons. The third kappa shape index (κ3) is 2.37. The van der Waals surface area contributed by atoms with Crippen molar-refractivity contribution < 1.29 is 9.31 Å². The Morgan fingerprint density at radius 2 is 1.65 bits per heavy atom. The first-order chi connectivity index (χ1) is 10.8. The molecule has 2 heterocycles. The van der Waals surface area contributed by atoms with Crippen LogP contribution in [0.3, 0.4) is 0 Å². The van der Waals surface area contributed by atoms with E-state index in [-0.39, 0.29) is 18.3 Å². The van der Waals surface area contributed by atoms with Crippen LogP contribution in [0.15, 0.2) is 40.9 Å². The van der Waals surface area contributed by atoms with Crippen LogP contribution in [0.25, 0.3) is 20.2 Å². The fourth-order valence-corrected chi connectivity index (χ4v) is 4.60. The van der Waals surface area contributed by atoms with Crippen molar-refractivity contribution in [1.29, 1.82) is 0 Å². The lowest BCUT2D eigenvalue weighted by Gasteiger charge is -2.32. The van der Waals surface area contributed by atoms with Gasteiger partial charge in [0.1, 0.15) is 0 Å². The molecule has 1 aliphatic heterocycles. The van der Waals surface area contributed by atoms with Gasteiger partial charge in [0.2, 0.25) is 0 Å². The molecule has 0 saturated carbocycles. The van der Waals surface area contributed by atoms with Crippen LogP contribution in [0.5, 0.6) is 0 Å². The van der Waals surface area contributed by atoms with Gasteiger partial charge in [-0.15, -0.1) is 11.3 Å². The van der Waals surface area contributed by atoms with Gasteiger partial charge < -0.3 is 9.31 Å². The number of benzene rings is 2. The van der Waals surface area contributed by atoms with Gasteiger partial charge in [0.05, 0.1) is 11.2 Å². The summed E-state index contributed by atoms with van der Waals surface area (Å²) in [6, 6.07) is 12.9. The van der Waals surface area contributed by atoms with E-state index in [0.29, 0.717) is 0 Å². The SMILES string of the molecule is CC1(C)OB(c2ccc3sc4c(Br)cccc4c3c2)OC1(C)C. The minimum atomic E-state index is -0.313. The topological polar surface area (TPSA) is 18.5 Å². The summed E-state index contributed by atoms with van der Waals surface area (Å²) in [7, 11) is -0.313. The van der Waals surface area contributed by atoms with Crippen molar-refractivity contribution in [3.05, 3.63) is 40.9 Å². The molecule has 23 heavy (non-hydrogen) atoms. The molecule has 0 bridgehead atoms. The number of fused-ring (bicyclic) bond motifs is 3. The number of hydrogen-bond donors (Lipinski definition) is 0. The molecule has 0 N–H and O–H groups in total. The van der Waals surface area contributed by atoms with Crippen molar-refractivity contribution in [1.82, 2.24) is 0 Å². The number of hydrogen-bond acceptors (Lipinski definition) is 3. The minimum Gasteiger partial charge on any atom is -0.399 e.